The first-order valence-corrected chi connectivity index (χ1v) is 6.15. The third-order valence-electron chi connectivity index (χ3n) is 1.90. The van der Waals surface area contributed by atoms with Gasteiger partial charge in [-0.25, -0.2) is 4.79 Å². The number of aliphatic carboxylic acids is 1. The van der Waals surface area contributed by atoms with Crippen LogP contribution in [0.5, 0.6) is 0 Å². The second-order valence-electron chi connectivity index (χ2n) is 3.01. The Morgan fingerprint density at radius 1 is 1.44 bits per heavy atom. The normalized spacial score (nSPS) is 11.7. The molecule has 0 atom stereocenters. The van der Waals surface area contributed by atoms with E-state index < -0.39 is 11.8 Å². The molecule has 0 amide bonds. The molecular weight excluding hydrogens is 247 g/mol. The molecule has 0 saturated carbocycles. The topological polar surface area (TPSA) is 37.3 Å². The molecule has 16 heavy (non-hydrogen) atoms. The van der Waals surface area contributed by atoms with Crippen LogP contribution in [0.3, 0.4) is 0 Å². The average Bonchev–Trinajstić information content (AvgIpc) is 2.85. The van der Waals surface area contributed by atoms with E-state index in [0.29, 0.717) is 4.88 Å². The number of carboxylic acids is 1. The Hall–Kier alpha value is -1.46. The molecule has 0 saturated heterocycles. The molecule has 0 aliphatic heterocycles. The van der Waals surface area contributed by atoms with Crippen LogP contribution in [0.15, 0.2) is 34.8 Å². The lowest BCUT2D eigenvalue weighted by molar-refractivity contribution is -0.134. The van der Waals surface area contributed by atoms with Crippen LogP contribution in [0, 0.1) is 0 Å². The minimum Gasteiger partial charge on any atom is -0.476 e. The molecule has 2 aromatic heterocycles. The van der Waals surface area contributed by atoms with Crippen molar-refractivity contribution in [2.45, 2.75) is 0 Å². The molecule has 2 nitrogen and oxygen atoms in total. The quantitative estimate of drug-likeness (QED) is 0.844. The van der Waals surface area contributed by atoms with E-state index in [1.54, 1.807) is 17.4 Å². The van der Waals surface area contributed by atoms with Crippen molar-refractivity contribution in [3.63, 3.8) is 0 Å². The zero-order valence-electron chi connectivity index (χ0n) is 8.01. The lowest BCUT2D eigenvalue weighted by Gasteiger charge is -1.88. The van der Waals surface area contributed by atoms with Crippen molar-refractivity contribution in [2.24, 2.45) is 0 Å². The summed E-state index contributed by atoms with van der Waals surface area (Å²) in [5, 5.41) is 12.2. The minimum atomic E-state index is -1.54. The van der Waals surface area contributed by atoms with Gasteiger partial charge in [0.1, 0.15) is 0 Å². The minimum absolute atomic E-state index is 0.600. The highest BCUT2D eigenvalue weighted by molar-refractivity contribution is 7.15. The highest BCUT2D eigenvalue weighted by Crippen LogP contribution is 2.30. The van der Waals surface area contributed by atoms with Crippen molar-refractivity contribution in [2.75, 3.05) is 0 Å². The van der Waals surface area contributed by atoms with Gasteiger partial charge in [0.05, 0.1) is 0 Å². The molecule has 82 valence electrons. The van der Waals surface area contributed by atoms with Gasteiger partial charge in [-0.2, -0.15) is 4.39 Å². The fourth-order valence-electron chi connectivity index (χ4n) is 1.19. The van der Waals surface area contributed by atoms with Gasteiger partial charge >= 0.3 is 5.97 Å². The first-order valence-electron chi connectivity index (χ1n) is 4.40. The molecule has 0 aliphatic rings. The summed E-state index contributed by atoms with van der Waals surface area (Å²) in [5.41, 5.74) is 0.990. The molecule has 0 unspecified atom stereocenters. The summed E-state index contributed by atoms with van der Waals surface area (Å²) in [5.74, 6) is -2.68. The lowest BCUT2D eigenvalue weighted by atomic mass is 10.2. The van der Waals surface area contributed by atoms with Gasteiger partial charge in [0.15, 0.2) is 0 Å². The first-order chi connectivity index (χ1) is 7.66. The fraction of sp³-hybridized carbons (Fsp3) is 0. The van der Waals surface area contributed by atoms with Crippen molar-refractivity contribution in [1.29, 1.82) is 0 Å². The highest BCUT2D eigenvalue weighted by atomic mass is 32.1. The maximum absolute atomic E-state index is 12.8. The third-order valence-corrected chi connectivity index (χ3v) is 3.70. The van der Waals surface area contributed by atoms with Crippen LogP contribution in [0.2, 0.25) is 0 Å². The monoisotopic (exact) mass is 254 g/mol. The Balaban J connectivity index is 2.27. The molecule has 0 spiro atoms. The van der Waals surface area contributed by atoms with Gasteiger partial charge in [0, 0.05) is 15.3 Å². The summed E-state index contributed by atoms with van der Waals surface area (Å²) in [6.07, 6.45) is 1.03. The van der Waals surface area contributed by atoms with Crippen molar-refractivity contribution in [1.82, 2.24) is 0 Å². The van der Waals surface area contributed by atoms with Gasteiger partial charge in [-0.3, -0.25) is 0 Å². The van der Waals surface area contributed by atoms with Crippen molar-refractivity contribution < 1.29 is 14.3 Å². The van der Waals surface area contributed by atoms with Crippen LogP contribution in [-0.4, -0.2) is 11.1 Å². The zero-order chi connectivity index (χ0) is 11.5. The van der Waals surface area contributed by atoms with E-state index in [-0.39, 0.29) is 0 Å². The SMILES string of the molecule is O=C(O)C(F)=Cc1cc(-c2cccs2)cs1. The first kappa shape index (κ1) is 11.0. The molecule has 0 aliphatic carbocycles. The third kappa shape index (κ3) is 2.37. The number of thiophene rings is 2. The fourth-order valence-corrected chi connectivity index (χ4v) is 2.80. The summed E-state index contributed by atoms with van der Waals surface area (Å²) in [6, 6.07) is 5.68. The van der Waals surface area contributed by atoms with E-state index in [4.69, 9.17) is 5.11 Å². The number of hydrogen-bond donors (Lipinski definition) is 1. The summed E-state index contributed by atoms with van der Waals surface area (Å²) in [7, 11) is 0. The second kappa shape index (κ2) is 4.59. The molecule has 5 heteroatoms. The summed E-state index contributed by atoms with van der Waals surface area (Å²) < 4.78 is 12.8. The van der Waals surface area contributed by atoms with Gasteiger partial charge < -0.3 is 5.11 Å². The maximum atomic E-state index is 12.8. The predicted octanol–water partition coefficient (Wildman–Crippen LogP) is 3.87. The molecule has 2 heterocycles. The standard InChI is InChI=1S/C11H7FO2S2/c12-9(11(13)14)5-8-4-7(6-16-8)10-2-1-3-15-10/h1-6H,(H,13,14). The number of hydrogen-bond acceptors (Lipinski definition) is 3. The molecule has 0 bridgehead atoms. The molecular formula is C11H7FO2S2. The molecule has 0 fully saturated rings. The van der Waals surface area contributed by atoms with Gasteiger partial charge in [0.2, 0.25) is 5.83 Å². The number of carbonyl (C=O) groups is 1. The smallest absolute Gasteiger partial charge is 0.364 e. The predicted molar refractivity (Wildman–Crippen MR) is 64.4 cm³/mol. The maximum Gasteiger partial charge on any atom is 0.364 e. The van der Waals surface area contributed by atoms with E-state index in [1.165, 1.54) is 11.3 Å². The Kier molecular flexibility index (Phi) is 3.17. The Bertz CT molecular complexity index is 526. The van der Waals surface area contributed by atoms with Crippen LogP contribution in [0.1, 0.15) is 4.88 Å². The molecule has 2 rings (SSSR count). The van der Waals surface area contributed by atoms with Crippen molar-refractivity contribution in [3.05, 3.63) is 39.7 Å². The van der Waals surface area contributed by atoms with E-state index >= 15 is 0 Å². The van der Waals surface area contributed by atoms with E-state index in [9.17, 15) is 9.18 Å². The molecule has 0 radical (unpaired) electrons. The number of rotatable bonds is 3. The van der Waals surface area contributed by atoms with Gasteiger partial charge in [-0.05, 0) is 29.0 Å². The molecule has 1 N–H and O–H groups in total. The number of halogens is 1. The van der Waals surface area contributed by atoms with Gasteiger partial charge in [0.25, 0.3) is 0 Å². The van der Waals surface area contributed by atoms with Crippen LogP contribution < -0.4 is 0 Å². The average molecular weight is 254 g/mol. The van der Waals surface area contributed by atoms with E-state index in [0.717, 1.165) is 16.5 Å². The van der Waals surface area contributed by atoms with Crippen molar-refractivity contribution in [3.8, 4) is 10.4 Å². The van der Waals surface area contributed by atoms with Crippen LogP contribution in [0.25, 0.3) is 16.5 Å². The van der Waals surface area contributed by atoms with Crippen LogP contribution >= 0.6 is 22.7 Å². The zero-order valence-corrected chi connectivity index (χ0v) is 9.65. The van der Waals surface area contributed by atoms with Crippen LogP contribution in [-0.2, 0) is 4.79 Å². The molecule has 2 aromatic rings. The summed E-state index contributed by atoms with van der Waals surface area (Å²) >= 11 is 2.91. The Labute approximate surface area is 99.3 Å². The second-order valence-corrected chi connectivity index (χ2v) is 4.90. The van der Waals surface area contributed by atoms with Crippen molar-refractivity contribution >= 4 is 34.7 Å². The largest absolute Gasteiger partial charge is 0.476 e. The van der Waals surface area contributed by atoms with Gasteiger partial charge in [-0.15, -0.1) is 22.7 Å². The summed E-state index contributed by atoms with van der Waals surface area (Å²) in [4.78, 5) is 12.0. The van der Waals surface area contributed by atoms with E-state index in [2.05, 4.69) is 0 Å². The lowest BCUT2D eigenvalue weighted by Crippen LogP contribution is -1.93. The summed E-state index contributed by atoms with van der Waals surface area (Å²) in [6.45, 7) is 0. The highest BCUT2D eigenvalue weighted by Gasteiger charge is 2.07. The Morgan fingerprint density at radius 3 is 2.88 bits per heavy atom. The Morgan fingerprint density at radius 2 is 2.25 bits per heavy atom. The number of carboxylic acid groups (broad SMARTS) is 1. The van der Waals surface area contributed by atoms with Gasteiger partial charge in [-0.1, -0.05) is 6.07 Å². The molecule has 0 aromatic carbocycles. The van der Waals surface area contributed by atoms with Crippen LogP contribution in [0.4, 0.5) is 4.39 Å². The van der Waals surface area contributed by atoms with E-state index in [1.807, 2.05) is 22.9 Å².